The number of esters is 1. The van der Waals surface area contributed by atoms with E-state index < -0.39 is 12.1 Å². The molecule has 6 nitrogen and oxygen atoms in total. The topological polar surface area (TPSA) is 80.8 Å². The SMILES string of the molecule is C[C@H](OC(=O)c1cccc(N2C(=O)[C@H]3[C@H](C)C=CC[C@H]3C2=O)c1)C(=O)c1ccccc1. The van der Waals surface area contributed by atoms with Crippen LogP contribution in [-0.4, -0.2) is 29.7 Å². The van der Waals surface area contributed by atoms with Crippen LogP contribution >= 0.6 is 0 Å². The summed E-state index contributed by atoms with van der Waals surface area (Å²) in [6.45, 7) is 3.45. The molecule has 0 bridgehead atoms. The van der Waals surface area contributed by atoms with E-state index in [9.17, 15) is 19.2 Å². The fourth-order valence-electron chi connectivity index (χ4n) is 4.29. The Morgan fingerprint density at radius 2 is 1.71 bits per heavy atom. The number of ketones is 1. The van der Waals surface area contributed by atoms with Gasteiger partial charge in [-0.3, -0.25) is 19.3 Å². The molecule has 6 heteroatoms. The monoisotopic (exact) mass is 417 g/mol. The normalized spacial score (nSPS) is 23.4. The van der Waals surface area contributed by atoms with Crippen molar-refractivity contribution < 1.29 is 23.9 Å². The second-order valence-electron chi connectivity index (χ2n) is 8.00. The zero-order valence-corrected chi connectivity index (χ0v) is 17.4. The summed E-state index contributed by atoms with van der Waals surface area (Å²) in [6.07, 6.45) is 3.48. The van der Waals surface area contributed by atoms with Gasteiger partial charge in [-0.2, -0.15) is 0 Å². The Morgan fingerprint density at radius 1 is 1.00 bits per heavy atom. The van der Waals surface area contributed by atoms with Crippen molar-refractivity contribution in [3.05, 3.63) is 77.9 Å². The molecule has 1 saturated heterocycles. The van der Waals surface area contributed by atoms with Crippen LogP contribution in [0.1, 0.15) is 41.0 Å². The first-order chi connectivity index (χ1) is 14.9. The lowest BCUT2D eigenvalue weighted by atomic mass is 9.78. The second-order valence-corrected chi connectivity index (χ2v) is 8.00. The third-order valence-electron chi connectivity index (χ3n) is 5.92. The minimum Gasteiger partial charge on any atom is -0.451 e. The molecule has 4 atom stereocenters. The van der Waals surface area contributed by atoms with Crippen molar-refractivity contribution in [2.45, 2.75) is 26.4 Å². The van der Waals surface area contributed by atoms with Crippen molar-refractivity contribution in [2.75, 3.05) is 4.90 Å². The molecule has 0 aromatic heterocycles. The second kappa shape index (κ2) is 8.30. The third kappa shape index (κ3) is 3.81. The van der Waals surface area contributed by atoms with Crippen LogP contribution in [0, 0.1) is 17.8 Å². The Kier molecular flexibility index (Phi) is 5.55. The summed E-state index contributed by atoms with van der Waals surface area (Å²) >= 11 is 0. The minimum absolute atomic E-state index is 0.0156. The van der Waals surface area contributed by atoms with Crippen LogP contribution in [0.3, 0.4) is 0 Å². The van der Waals surface area contributed by atoms with E-state index in [-0.39, 0.29) is 40.9 Å². The molecular weight excluding hydrogens is 394 g/mol. The molecule has 0 unspecified atom stereocenters. The number of carbonyl (C=O) groups excluding carboxylic acids is 4. The molecule has 158 valence electrons. The van der Waals surface area contributed by atoms with Crippen molar-refractivity contribution in [3.8, 4) is 0 Å². The molecule has 1 heterocycles. The zero-order chi connectivity index (χ0) is 22.1. The number of amides is 2. The highest BCUT2D eigenvalue weighted by Crippen LogP contribution is 2.40. The average molecular weight is 417 g/mol. The highest BCUT2D eigenvalue weighted by Gasteiger charge is 2.50. The molecule has 1 fully saturated rings. The highest BCUT2D eigenvalue weighted by atomic mass is 16.5. The molecule has 0 radical (unpaired) electrons. The largest absolute Gasteiger partial charge is 0.451 e. The summed E-state index contributed by atoms with van der Waals surface area (Å²) in [4.78, 5) is 52.2. The Morgan fingerprint density at radius 3 is 2.42 bits per heavy atom. The highest BCUT2D eigenvalue weighted by molar-refractivity contribution is 6.22. The molecule has 0 saturated carbocycles. The van der Waals surface area contributed by atoms with Gasteiger partial charge < -0.3 is 4.74 Å². The summed E-state index contributed by atoms with van der Waals surface area (Å²) in [6, 6.07) is 14.8. The van der Waals surface area contributed by atoms with Crippen LogP contribution in [0.4, 0.5) is 5.69 Å². The molecule has 2 aromatic carbocycles. The summed E-state index contributed by atoms with van der Waals surface area (Å²) in [5.41, 5.74) is 0.968. The van der Waals surface area contributed by atoms with Gasteiger partial charge in [0.15, 0.2) is 6.10 Å². The first-order valence-corrected chi connectivity index (χ1v) is 10.3. The lowest BCUT2D eigenvalue weighted by Crippen LogP contribution is -2.32. The van der Waals surface area contributed by atoms with E-state index in [1.165, 1.54) is 24.0 Å². The van der Waals surface area contributed by atoms with Crippen molar-refractivity contribution in [3.63, 3.8) is 0 Å². The maximum atomic E-state index is 13.0. The van der Waals surface area contributed by atoms with Crippen molar-refractivity contribution >= 4 is 29.3 Å². The number of hydrogen-bond donors (Lipinski definition) is 0. The number of rotatable bonds is 5. The standard InChI is InChI=1S/C25H23NO5/c1-15-8-6-13-20-21(15)24(29)26(23(20)28)19-12-7-11-18(14-19)25(30)31-16(2)22(27)17-9-4-3-5-10-17/h3-12,14-16,20-21H,13H2,1-2H3/t15-,16+,20-,21+/m1/s1. The van der Waals surface area contributed by atoms with Gasteiger partial charge in [-0.05, 0) is 37.5 Å². The van der Waals surface area contributed by atoms with Gasteiger partial charge in [0.2, 0.25) is 17.6 Å². The lowest BCUT2D eigenvalue weighted by Gasteiger charge is -2.22. The lowest BCUT2D eigenvalue weighted by molar-refractivity contribution is -0.122. The van der Waals surface area contributed by atoms with Crippen LogP contribution in [0.5, 0.6) is 0 Å². The number of benzene rings is 2. The maximum Gasteiger partial charge on any atom is 0.338 e. The summed E-state index contributed by atoms with van der Waals surface area (Å²) in [5, 5.41) is 0. The van der Waals surface area contributed by atoms with Gasteiger partial charge in [-0.1, -0.05) is 55.5 Å². The van der Waals surface area contributed by atoms with Crippen LogP contribution < -0.4 is 4.90 Å². The number of carbonyl (C=O) groups is 4. The molecule has 0 N–H and O–H groups in total. The van der Waals surface area contributed by atoms with Crippen LogP contribution in [0.2, 0.25) is 0 Å². The van der Waals surface area contributed by atoms with Gasteiger partial charge >= 0.3 is 5.97 Å². The number of allylic oxidation sites excluding steroid dienone is 2. The molecule has 31 heavy (non-hydrogen) atoms. The molecule has 4 rings (SSSR count). The van der Waals surface area contributed by atoms with Gasteiger partial charge in [0, 0.05) is 5.56 Å². The van der Waals surface area contributed by atoms with Crippen molar-refractivity contribution in [2.24, 2.45) is 17.8 Å². The van der Waals surface area contributed by atoms with Crippen LogP contribution in [0.15, 0.2) is 66.7 Å². The average Bonchev–Trinajstić information content (AvgIpc) is 3.04. The van der Waals surface area contributed by atoms with E-state index in [1.807, 2.05) is 19.1 Å². The van der Waals surface area contributed by atoms with E-state index in [1.54, 1.807) is 42.5 Å². The number of nitrogens with zero attached hydrogens (tertiary/aromatic N) is 1. The fraction of sp³-hybridized carbons (Fsp3) is 0.280. The quantitative estimate of drug-likeness (QED) is 0.320. The van der Waals surface area contributed by atoms with E-state index in [0.29, 0.717) is 17.7 Å². The Labute approximate surface area is 180 Å². The predicted octanol–water partition coefficient (Wildman–Crippen LogP) is 3.82. The van der Waals surface area contributed by atoms with Crippen LogP contribution in [0.25, 0.3) is 0 Å². The maximum absolute atomic E-state index is 13.0. The van der Waals surface area contributed by atoms with Gasteiger partial charge in [-0.25, -0.2) is 4.79 Å². The van der Waals surface area contributed by atoms with Gasteiger partial charge in [0.25, 0.3) is 0 Å². The summed E-state index contributed by atoms with van der Waals surface area (Å²) in [7, 11) is 0. The number of fused-ring (bicyclic) bond motifs is 1. The number of Topliss-reactive ketones (excluding diaryl/α,β-unsaturated/α-hetero) is 1. The minimum atomic E-state index is -0.969. The van der Waals surface area contributed by atoms with Crippen molar-refractivity contribution in [1.29, 1.82) is 0 Å². The third-order valence-corrected chi connectivity index (χ3v) is 5.92. The molecule has 0 spiro atoms. The summed E-state index contributed by atoms with van der Waals surface area (Å²) in [5.74, 6) is -2.25. The Balaban J connectivity index is 1.52. The van der Waals surface area contributed by atoms with E-state index in [2.05, 4.69) is 0 Å². The first kappa shape index (κ1) is 20.7. The molecule has 2 aliphatic rings. The van der Waals surface area contributed by atoms with Gasteiger partial charge in [0.05, 0.1) is 23.1 Å². The number of imide groups is 1. The van der Waals surface area contributed by atoms with Gasteiger partial charge in [-0.15, -0.1) is 0 Å². The van der Waals surface area contributed by atoms with E-state index in [0.717, 1.165) is 0 Å². The van der Waals surface area contributed by atoms with E-state index in [4.69, 9.17) is 4.74 Å². The molecule has 1 aliphatic carbocycles. The number of hydrogen-bond acceptors (Lipinski definition) is 5. The van der Waals surface area contributed by atoms with Gasteiger partial charge in [0.1, 0.15) is 0 Å². The van der Waals surface area contributed by atoms with Crippen molar-refractivity contribution in [1.82, 2.24) is 0 Å². The fourth-order valence-corrected chi connectivity index (χ4v) is 4.29. The molecule has 2 amide bonds. The smallest absolute Gasteiger partial charge is 0.338 e. The molecule has 1 aliphatic heterocycles. The molecular formula is C25H23NO5. The predicted molar refractivity (Wildman–Crippen MR) is 114 cm³/mol. The Hall–Kier alpha value is -3.54. The summed E-state index contributed by atoms with van der Waals surface area (Å²) < 4.78 is 5.35. The first-order valence-electron chi connectivity index (χ1n) is 10.3. The molecule has 2 aromatic rings. The van der Waals surface area contributed by atoms with E-state index >= 15 is 0 Å². The Bertz CT molecular complexity index is 1070. The number of ether oxygens (including phenoxy) is 1. The number of anilines is 1. The van der Waals surface area contributed by atoms with Crippen LogP contribution in [-0.2, 0) is 14.3 Å². The zero-order valence-electron chi connectivity index (χ0n) is 17.4.